The zero-order valence-corrected chi connectivity index (χ0v) is 13.8. The molecule has 120 valence electrons. The van der Waals surface area contributed by atoms with Crippen LogP contribution in [0, 0.1) is 16.9 Å². The number of ether oxygens (including phenoxy) is 1. The van der Waals surface area contributed by atoms with Gasteiger partial charge in [0.25, 0.3) is 6.26 Å². The van der Waals surface area contributed by atoms with Gasteiger partial charge < -0.3 is 10.1 Å². The second-order valence-corrected chi connectivity index (χ2v) is 6.43. The summed E-state index contributed by atoms with van der Waals surface area (Å²) in [7, 11) is 0. The van der Waals surface area contributed by atoms with Crippen LogP contribution < -0.4 is 5.32 Å². The molecule has 22 heavy (non-hydrogen) atoms. The Labute approximate surface area is 132 Å². The Hall–Kier alpha value is -2.35. The maximum absolute atomic E-state index is 11.2. The van der Waals surface area contributed by atoms with Crippen LogP contribution in [0.4, 0.5) is 0 Å². The summed E-state index contributed by atoms with van der Waals surface area (Å²) in [5, 5.41) is 10.9. The fourth-order valence-electron chi connectivity index (χ4n) is 1.44. The molecular weight excluding hydrogens is 280 g/mol. The van der Waals surface area contributed by atoms with E-state index in [2.05, 4.69) is 37.7 Å². The van der Waals surface area contributed by atoms with E-state index in [9.17, 15) is 9.59 Å². The molecule has 0 bridgehead atoms. The second-order valence-electron chi connectivity index (χ2n) is 6.43. The van der Waals surface area contributed by atoms with Crippen molar-refractivity contribution in [1.82, 2.24) is 5.32 Å². The lowest BCUT2D eigenvalue weighted by Crippen LogP contribution is -2.28. The van der Waals surface area contributed by atoms with E-state index in [0.717, 1.165) is 5.56 Å². The molecule has 1 N–H and O–H groups in total. The highest BCUT2D eigenvalue weighted by Gasteiger charge is 2.17. The first-order chi connectivity index (χ1) is 10.1. The lowest BCUT2D eigenvalue weighted by Gasteiger charge is -2.16. The number of esters is 1. The van der Waals surface area contributed by atoms with E-state index in [0.29, 0.717) is 5.41 Å². The van der Waals surface area contributed by atoms with Crippen molar-refractivity contribution in [3.63, 3.8) is 0 Å². The van der Waals surface area contributed by atoms with Gasteiger partial charge in [-0.15, -0.1) is 5.26 Å². The molecular formula is C17H24N2O3. The van der Waals surface area contributed by atoms with Crippen LogP contribution in [0.3, 0.4) is 0 Å². The first kappa shape index (κ1) is 19.7. The summed E-state index contributed by atoms with van der Waals surface area (Å²) in [5.74, 6) is -0.918. The number of hydrogen-bond acceptors (Lipinski definition) is 4. The highest BCUT2D eigenvalue weighted by atomic mass is 16.5. The Balaban J connectivity index is 0.000000763. The van der Waals surface area contributed by atoms with Gasteiger partial charge in [-0.1, -0.05) is 58.0 Å². The Bertz CT molecular complexity index is 507. The van der Waals surface area contributed by atoms with Crippen molar-refractivity contribution in [2.24, 2.45) is 5.41 Å². The van der Waals surface area contributed by atoms with Gasteiger partial charge in [-0.3, -0.25) is 9.59 Å². The van der Waals surface area contributed by atoms with Gasteiger partial charge in [0.1, 0.15) is 0 Å². The lowest BCUT2D eigenvalue weighted by molar-refractivity contribution is -0.137. The molecule has 1 amide bonds. The Morgan fingerprint density at radius 1 is 1.23 bits per heavy atom. The standard InChI is InChI=1S/C12H12N2O3.C5H12/c1-9(15)14-11(7-12(16)17-8-13)10-5-3-2-4-6-10;1-5(2,3)4/h2-6,11H,7H2,1H3,(H,14,15);1-4H3. The van der Waals surface area contributed by atoms with E-state index >= 15 is 0 Å². The number of nitriles is 1. The molecule has 1 aromatic carbocycles. The van der Waals surface area contributed by atoms with E-state index in [1.54, 1.807) is 24.3 Å². The molecule has 1 unspecified atom stereocenters. The summed E-state index contributed by atoms with van der Waals surface area (Å²) in [6.45, 7) is 10.1. The molecule has 0 heterocycles. The molecule has 1 rings (SSSR count). The zero-order chi connectivity index (χ0) is 17.2. The first-order valence-corrected chi connectivity index (χ1v) is 7.04. The van der Waals surface area contributed by atoms with Crippen LogP contribution >= 0.6 is 0 Å². The quantitative estimate of drug-likeness (QED) is 0.683. The molecule has 0 aliphatic carbocycles. The number of nitrogens with zero attached hydrogens (tertiary/aromatic N) is 1. The molecule has 0 saturated carbocycles. The molecule has 1 atom stereocenters. The van der Waals surface area contributed by atoms with Crippen molar-refractivity contribution in [2.75, 3.05) is 0 Å². The van der Waals surface area contributed by atoms with E-state index in [1.165, 1.54) is 13.2 Å². The number of carbonyl (C=O) groups excluding carboxylic acids is 2. The fraction of sp³-hybridized carbons (Fsp3) is 0.471. The van der Waals surface area contributed by atoms with Crippen molar-refractivity contribution in [2.45, 2.75) is 47.1 Å². The zero-order valence-electron chi connectivity index (χ0n) is 13.8. The predicted molar refractivity (Wildman–Crippen MR) is 84.5 cm³/mol. The molecule has 5 heteroatoms. The van der Waals surface area contributed by atoms with Gasteiger partial charge in [-0.05, 0) is 11.0 Å². The number of nitrogens with one attached hydrogen (secondary N) is 1. The molecule has 0 aromatic heterocycles. The van der Waals surface area contributed by atoms with Crippen LogP contribution in [-0.4, -0.2) is 11.9 Å². The van der Waals surface area contributed by atoms with Crippen LogP contribution in [0.2, 0.25) is 0 Å². The number of carbonyl (C=O) groups is 2. The highest BCUT2D eigenvalue weighted by molar-refractivity contribution is 5.76. The topological polar surface area (TPSA) is 79.2 Å². The van der Waals surface area contributed by atoms with Gasteiger partial charge in [0.15, 0.2) is 0 Å². The van der Waals surface area contributed by atoms with Crippen molar-refractivity contribution in [3.8, 4) is 6.26 Å². The summed E-state index contributed by atoms with van der Waals surface area (Å²) in [4.78, 5) is 22.3. The van der Waals surface area contributed by atoms with Crippen LogP contribution in [-0.2, 0) is 14.3 Å². The normalized spacial score (nSPS) is 11.3. The Morgan fingerprint density at radius 2 is 1.73 bits per heavy atom. The minimum absolute atomic E-state index is 0.0723. The summed E-state index contributed by atoms with van der Waals surface area (Å²) in [6.07, 6.45) is 1.24. The second kappa shape index (κ2) is 9.56. The highest BCUT2D eigenvalue weighted by Crippen LogP contribution is 2.16. The van der Waals surface area contributed by atoms with E-state index < -0.39 is 12.0 Å². The minimum Gasteiger partial charge on any atom is -0.351 e. The van der Waals surface area contributed by atoms with E-state index in [4.69, 9.17) is 5.26 Å². The molecule has 0 radical (unpaired) electrons. The van der Waals surface area contributed by atoms with Gasteiger partial charge in [0.05, 0.1) is 12.5 Å². The third-order valence-electron chi connectivity index (χ3n) is 2.11. The van der Waals surface area contributed by atoms with E-state index in [1.807, 2.05) is 6.07 Å². The third kappa shape index (κ3) is 11.5. The third-order valence-corrected chi connectivity index (χ3v) is 2.11. The van der Waals surface area contributed by atoms with Gasteiger partial charge in [-0.2, -0.15) is 0 Å². The van der Waals surface area contributed by atoms with Crippen LogP contribution in [0.5, 0.6) is 0 Å². The molecule has 0 spiro atoms. The van der Waals surface area contributed by atoms with Crippen LogP contribution in [0.15, 0.2) is 30.3 Å². The molecule has 0 aliphatic heterocycles. The molecule has 1 aromatic rings. The molecule has 5 nitrogen and oxygen atoms in total. The Kier molecular flexibility index (Phi) is 8.54. The van der Waals surface area contributed by atoms with E-state index in [-0.39, 0.29) is 12.3 Å². The average Bonchev–Trinajstić information content (AvgIpc) is 2.37. The summed E-state index contributed by atoms with van der Waals surface area (Å²) in [5.41, 5.74) is 1.29. The van der Waals surface area contributed by atoms with Crippen molar-refractivity contribution < 1.29 is 14.3 Å². The summed E-state index contributed by atoms with van der Waals surface area (Å²) in [6, 6.07) is 8.55. The number of amides is 1. The van der Waals surface area contributed by atoms with Crippen molar-refractivity contribution >= 4 is 11.9 Å². The van der Waals surface area contributed by atoms with Gasteiger partial charge in [-0.25, -0.2) is 0 Å². The lowest BCUT2D eigenvalue weighted by atomic mass is 10.0. The number of rotatable bonds is 4. The molecule has 0 aliphatic rings. The molecule has 0 fully saturated rings. The van der Waals surface area contributed by atoms with Gasteiger partial charge in [0.2, 0.25) is 5.91 Å². The largest absolute Gasteiger partial charge is 0.351 e. The smallest absolute Gasteiger partial charge is 0.324 e. The summed E-state index contributed by atoms with van der Waals surface area (Å²) < 4.78 is 4.19. The van der Waals surface area contributed by atoms with Crippen LogP contribution in [0.25, 0.3) is 0 Å². The number of benzene rings is 1. The maximum Gasteiger partial charge on any atom is 0.324 e. The Morgan fingerprint density at radius 3 is 2.14 bits per heavy atom. The predicted octanol–water partition coefficient (Wildman–Crippen LogP) is 3.33. The first-order valence-electron chi connectivity index (χ1n) is 7.04. The number of hydrogen-bond donors (Lipinski definition) is 1. The fourth-order valence-corrected chi connectivity index (χ4v) is 1.44. The van der Waals surface area contributed by atoms with Gasteiger partial charge in [0, 0.05) is 6.92 Å². The van der Waals surface area contributed by atoms with Crippen molar-refractivity contribution in [1.29, 1.82) is 5.26 Å². The van der Waals surface area contributed by atoms with Crippen molar-refractivity contribution in [3.05, 3.63) is 35.9 Å². The monoisotopic (exact) mass is 304 g/mol. The molecule has 0 saturated heterocycles. The maximum atomic E-state index is 11.2. The van der Waals surface area contributed by atoms with Gasteiger partial charge >= 0.3 is 5.97 Å². The SMILES string of the molecule is CC(=O)NC(CC(=O)OC#N)c1ccccc1.CC(C)(C)C. The minimum atomic E-state index is -0.671. The average molecular weight is 304 g/mol. The van der Waals surface area contributed by atoms with Crippen LogP contribution in [0.1, 0.15) is 52.6 Å². The summed E-state index contributed by atoms with van der Waals surface area (Å²) >= 11 is 0.